The fourth-order valence-electron chi connectivity index (χ4n) is 3.54. The van der Waals surface area contributed by atoms with Crippen molar-refractivity contribution in [2.75, 3.05) is 31.1 Å². The lowest BCUT2D eigenvalue weighted by atomic mass is 10.1. The number of hydrogen-bond acceptors (Lipinski definition) is 2. The van der Waals surface area contributed by atoms with Gasteiger partial charge in [-0.15, -0.1) is 0 Å². The van der Waals surface area contributed by atoms with Crippen LogP contribution in [0, 0.1) is 0 Å². The molecule has 1 aromatic rings. The number of carbonyl (C=O) groups is 1. The predicted molar refractivity (Wildman–Crippen MR) is 100 cm³/mol. The normalized spacial score (nSPS) is 19.9. The molecule has 1 heterocycles. The van der Waals surface area contributed by atoms with E-state index in [1.165, 1.54) is 25.7 Å². The number of hydrogen-bond donors (Lipinski definition) is 1. The highest BCUT2D eigenvalue weighted by atomic mass is 35.5. The fourth-order valence-corrected chi connectivity index (χ4v) is 3.83. The lowest BCUT2D eigenvalue weighted by Gasteiger charge is -2.36. The zero-order chi connectivity index (χ0) is 16.9. The summed E-state index contributed by atoms with van der Waals surface area (Å²) >= 11 is 12.1. The van der Waals surface area contributed by atoms with Crippen LogP contribution in [0.3, 0.4) is 0 Å². The van der Waals surface area contributed by atoms with Crippen LogP contribution in [-0.4, -0.2) is 43.2 Å². The van der Waals surface area contributed by atoms with Crippen molar-refractivity contribution < 1.29 is 4.79 Å². The second-order valence-corrected chi connectivity index (χ2v) is 7.52. The summed E-state index contributed by atoms with van der Waals surface area (Å²) in [6.45, 7) is 3.10. The van der Waals surface area contributed by atoms with Crippen molar-refractivity contribution in [3.05, 3.63) is 28.2 Å². The van der Waals surface area contributed by atoms with Gasteiger partial charge in [-0.05, 0) is 31.0 Å². The van der Waals surface area contributed by atoms with E-state index in [4.69, 9.17) is 23.2 Å². The number of nitrogens with zero attached hydrogens (tertiary/aromatic N) is 2. The van der Waals surface area contributed by atoms with Gasteiger partial charge in [0.25, 0.3) is 0 Å². The molecule has 24 heavy (non-hydrogen) atoms. The second-order valence-electron chi connectivity index (χ2n) is 6.71. The van der Waals surface area contributed by atoms with Crippen LogP contribution in [0.25, 0.3) is 0 Å². The third-order valence-electron chi connectivity index (χ3n) is 5.02. The van der Waals surface area contributed by atoms with Crippen molar-refractivity contribution in [2.24, 2.45) is 0 Å². The maximum atomic E-state index is 12.5. The molecule has 1 aliphatic heterocycles. The lowest BCUT2D eigenvalue weighted by Crippen LogP contribution is -2.53. The van der Waals surface area contributed by atoms with Gasteiger partial charge in [-0.25, -0.2) is 4.79 Å². The molecule has 0 bridgehead atoms. The number of rotatable bonds is 2. The predicted octanol–water partition coefficient (Wildman–Crippen LogP) is 4.55. The second kappa shape index (κ2) is 8.30. The number of urea groups is 1. The molecular formula is C18H25Cl2N3O. The number of piperazine rings is 1. The van der Waals surface area contributed by atoms with Crippen LogP contribution < -0.4 is 10.2 Å². The van der Waals surface area contributed by atoms with Gasteiger partial charge in [0.05, 0.1) is 10.0 Å². The lowest BCUT2D eigenvalue weighted by molar-refractivity contribution is 0.189. The Hall–Kier alpha value is -1.13. The Morgan fingerprint density at radius 2 is 1.62 bits per heavy atom. The summed E-state index contributed by atoms with van der Waals surface area (Å²) in [4.78, 5) is 16.7. The molecule has 1 aliphatic carbocycles. The summed E-state index contributed by atoms with van der Waals surface area (Å²) in [6, 6.07) is 6.15. The summed E-state index contributed by atoms with van der Waals surface area (Å²) in [5, 5.41) is 4.37. The molecule has 0 atom stereocenters. The summed E-state index contributed by atoms with van der Waals surface area (Å²) in [5.41, 5.74) is 1.06. The first kappa shape index (κ1) is 17.7. The first-order valence-corrected chi connectivity index (χ1v) is 9.64. The quantitative estimate of drug-likeness (QED) is 0.776. The minimum Gasteiger partial charge on any atom is -0.368 e. The summed E-state index contributed by atoms with van der Waals surface area (Å²) in [7, 11) is 0. The summed E-state index contributed by atoms with van der Waals surface area (Å²) < 4.78 is 0. The van der Waals surface area contributed by atoms with Crippen LogP contribution >= 0.6 is 23.2 Å². The highest BCUT2D eigenvalue weighted by Gasteiger charge is 2.23. The first-order chi connectivity index (χ1) is 11.6. The van der Waals surface area contributed by atoms with E-state index in [9.17, 15) is 4.79 Å². The number of anilines is 1. The topological polar surface area (TPSA) is 35.6 Å². The SMILES string of the molecule is O=C(NC1CCCCCC1)N1CCN(c2ccc(Cl)c(Cl)c2)CC1. The zero-order valence-corrected chi connectivity index (χ0v) is 15.5. The maximum absolute atomic E-state index is 12.5. The minimum absolute atomic E-state index is 0.0932. The average Bonchev–Trinajstić information content (AvgIpc) is 2.86. The van der Waals surface area contributed by atoms with Crippen molar-refractivity contribution in [2.45, 2.75) is 44.6 Å². The van der Waals surface area contributed by atoms with Gasteiger partial charge in [-0.1, -0.05) is 48.9 Å². The molecule has 0 aromatic heterocycles. The summed E-state index contributed by atoms with van der Waals surface area (Å²) in [6.07, 6.45) is 7.31. The van der Waals surface area contributed by atoms with Gasteiger partial charge in [0, 0.05) is 37.9 Å². The van der Waals surface area contributed by atoms with Gasteiger partial charge < -0.3 is 15.1 Å². The van der Waals surface area contributed by atoms with Crippen LogP contribution in [0.15, 0.2) is 18.2 Å². The Labute approximate surface area is 154 Å². The Bertz CT molecular complexity index is 565. The third-order valence-corrected chi connectivity index (χ3v) is 5.76. The van der Waals surface area contributed by atoms with Gasteiger partial charge >= 0.3 is 6.03 Å². The van der Waals surface area contributed by atoms with Crippen molar-refractivity contribution in [3.8, 4) is 0 Å². The van der Waals surface area contributed by atoms with E-state index in [0.29, 0.717) is 16.1 Å². The molecule has 0 spiro atoms. The number of halogens is 2. The Morgan fingerprint density at radius 3 is 2.25 bits per heavy atom. The molecule has 2 fully saturated rings. The third kappa shape index (κ3) is 4.48. The van der Waals surface area contributed by atoms with E-state index < -0.39 is 0 Å². The number of nitrogens with one attached hydrogen (secondary N) is 1. The monoisotopic (exact) mass is 369 g/mol. The Kier molecular flexibility index (Phi) is 6.12. The van der Waals surface area contributed by atoms with Crippen LogP contribution in [0.5, 0.6) is 0 Å². The standard InChI is InChI=1S/C18H25Cl2N3O/c19-16-8-7-15(13-17(16)20)22-9-11-23(12-10-22)18(24)21-14-5-3-1-2-4-6-14/h7-8,13-14H,1-6,9-12H2,(H,21,24). The van der Waals surface area contributed by atoms with Gasteiger partial charge in [0.15, 0.2) is 0 Å². The number of benzene rings is 1. The van der Waals surface area contributed by atoms with Crippen molar-refractivity contribution in [1.29, 1.82) is 0 Å². The van der Waals surface area contributed by atoms with Crippen molar-refractivity contribution >= 4 is 34.9 Å². The largest absolute Gasteiger partial charge is 0.368 e. The van der Waals surface area contributed by atoms with Crippen LogP contribution in [-0.2, 0) is 0 Å². The molecule has 0 unspecified atom stereocenters. The Balaban J connectivity index is 1.50. The highest BCUT2D eigenvalue weighted by molar-refractivity contribution is 6.42. The molecule has 1 saturated heterocycles. The van der Waals surface area contributed by atoms with Crippen LogP contribution in [0.4, 0.5) is 10.5 Å². The number of amides is 2. The highest BCUT2D eigenvalue weighted by Crippen LogP contribution is 2.27. The molecule has 3 rings (SSSR count). The zero-order valence-electron chi connectivity index (χ0n) is 13.9. The number of carbonyl (C=O) groups excluding carboxylic acids is 1. The first-order valence-electron chi connectivity index (χ1n) is 8.89. The molecule has 4 nitrogen and oxygen atoms in total. The van der Waals surface area contributed by atoms with Crippen LogP contribution in [0.1, 0.15) is 38.5 Å². The molecular weight excluding hydrogens is 345 g/mol. The fraction of sp³-hybridized carbons (Fsp3) is 0.611. The van der Waals surface area contributed by atoms with E-state index in [-0.39, 0.29) is 6.03 Å². The van der Waals surface area contributed by atoms with Gasteiger partial charge in [-0.2, -0.15) is 0 Å². The molecule has 1 aromatic carbocycles. The molecule has 1 N–H and O–H groups in total. The smallest absolute Gasteiger partial charge is 0.317 e. The molecule has 1 saturated carbocycles. The van der Waals surface area contributed by atoms with Crippen molar-refractivity contribution in [3.63, 3.8) is 0 Å². The molecule has 2 aliphatic rings. The Morgan fingerprint density at radius 1 is 0.958 bits per heavy atom. The molecule has 2 amide bonds. The van der Waals surface area contributed by atoms with Gasteiger partial charge in [0.1, 0.15) is 0 Å². The van der Waals surface area contributed by atoms with Crippen molar-refractivity contribution in [1.82, 2.24) is 10.2 Å². The molecule has 0 radical (unpaired) electrons. The average molecular weight is 370 g/mol. The molecule has 132 valence electrons. The van der Waals surface area contributed by atoms with Gasteiger partial charge in [0.2, 0.25) is 0 Å². The summed E-state index contributed by atoms with van der Waals surface area (Å²) in [5.74, 6) is 0. The van der Waals surface area contributed by atoms with Gasteiger partial charge in [-0.3, -0.25) is 0 Å². The molecule has 6 heteroatoms. The van der Waals surface area contributed by atoms with E-state index in [1.807, 2.05) is 23.1 Å². The van der Waals surface area contributed by atoms with E-state index in [0.717, 1.165) is 44.7 Å². The van der Waals surface area contributed by atoms with E-state index >= 15 is 0 Å². The maximum Gasteiger partial charge on any atom is 0.317 e. The van der Waals surface area contributed by atoms with E-state index in [2.05, 4.69) is 10.2 Å². The minimum atomic E-state index is 0.0932. The van der Waals surface area contributed by atoms with E-state index in [1.54, 1.807) is 0 Å². The van der Waals surface area contributed by atoms with Crippen LogP contribution in [0.2, 0.25) is 10.0 Å².